The van der Waals surface area contributed by atoms with Crippen molar-refractivity contribution in [3.63, 3.8) is 0 Å². The number of carbonyl (C=O) groups excluding carboxylic acids is 1. The average Bonchev–Trinajstić information content (AvgIpc) is 3.09. The van der Waals surface area contributed by atoms with Crippen LogP contribution < -0.4 is 15.2 Å². The van der Waals surface area contributed by atoms with E-state index in [2.05, 4.69) is 4.98 Å². The van der Waals surface area contributed by atoms with E-state index >= 15 is 0 Å². The van der Waals surface area contributed by atoms with E-state index in [1.807, 2.05) is 23.1 Å². The Hall–Kier alpha value is -3.29. The molecule has 1 amide bonds. The molecule has 0 unspecified atom stereocenters. The van der Waals surface area contributed by atoms with Crippen molar-refractivity contribution in [1.29, 1.82) is 0 Å². The maximum Gasteiger partial charge on any atom is 0.291 e. The minimum absolute atomic E-state index is 0.108. The maximum absolute atomic E-state index is 12.8. The van der Waals surface area contributed by atoms with Crippen LogP contribution in [0.3, 0.4) is 0 Å². The largest absolute Gasteiger partial charge is 0.493 e. The monoisotopic (exact) mass is 410 g/mol. The molecule has 3 aromatic rings. The van der Waals surface area contributed by atoms with E-state index < -0.39 is 0 Å². The summed E-state index contributed by atoms with van der Waals surface area (Å²) in [5, 5.41) is 0.901. The third-order valence-corrected chi connectivity index (χ3v) is 5.65. The first-order valence-electron chi connectivity index (χ1n) is 9.96. The molecule has 0 saturated carbocycles. The zero-order valence-electron chi connectivity index (χ0n) is 17.7. The Labute approximate surface area is 175 Å². The Bertz CT molecular complexity index is 1100. The summed E-state index contributed by atoms with van der Waals surface area (Å²) in [4.78, 5) is 23.6. The topological polar surface area (TPSA) is 104 Å². The van der Waals surface area contributed by atoms with E-state index in [0.29, 0.717) is 47.6 Å². The number of nitrogen functional groups attached to an aromatic ring is 1. The van der Waals surface area contributed by atoms with Crippen LogP contribution in [-0.2, 0) is 0 Å². The molecule has 0 aliphatic carbocycles. The summed E-state index contributed by atoms with van der Waals surface area (Å²) in [6.45, 7) is 4.77. The molecular formula is C22H26N4O4. The Balaban J connectivity index is 1.54. The van der Waals surface area contributed by atoms with Crippen molar-refractivity contribution in [3.05, 3.63) is 41.2 Å². The number of methoxy groups -OCH3 is 2. The van der Waals surface area contributed by atoms with E-state index in [-0.39, 0.29) is 11.8 Å². The normalized spacial score (nSPS) is 14.9. The standard InChI is InChI=1S/C22H26N4O4/c1-12-21(30-13(2)24-12)22(27)26-7-5-14(6-8-26)20-16(23)9-15-10-18(28-3)19(29-4)11-17(15)25-20/h9-11,14H,5-8,23H2,1-4H3. The maximum atomic E-state index is 12.8. The van der Waals surface area contributed by atoms with Crippen molar-refractivity contribution >= 4 is 22.5 Å². The number of hydrogen-bond donors (Lipinski definition) is 1. The van der Waals surface area contributed by atoms with Gasteiger partial charge in [0.2, 0.25) is 5.76 Å². The van der Waals surface area contributed by atoms with Crippen molar-refractivity contribution in [1.82, 2.24) is 14.9 Å². The highest BCUT2D eigenvalue weighted by Gasteiger charge is 2.29. The number of nitrogens with two attached hydrogens (primary N) is 1. The number of piperidine rings is 1. The first kappa shape index (κ1) is 20.0. The molecule has 158 valence electrons. The third kappa shape index (κ3) is 3.53. The predicted octanol–water partition coefficient (Wildman–Crippen LogP) is 3.46. The number of ether oxygens (including phenoxy) is 2. The number of anilines is 1. The van der Waals surface area contributed by atoms with Crippen LogP contribution in [0.15, 0.2) is 22.6 Å². The molecule has 2 aromatic heterocycles. The van der Waals surface area contributed by atoms with Crippen molar-refractivity contribution < 1.29 is 18.7 Å². The number of pyridine rings is 1. The van der Waals surface area contributed by atoms with Gasteiger partial charge in [-0.3, -0.25) is 9.78 Å². The van der Waals surface area contributed by atoms with Gasteiger partial charge in [0.05, 0.1) is 36.8 Å². The molecule has 2 N–H and O–H groups in total. The highest BCUT2D eigenvalue weighted by atomic mass is 16.5. The molecular weight excluding hydrogens is 384 g/mol. The fourth-order valence-electron chi connectivity index (χ4n) is 4.09. The van der Waals surface area contributed by atoms with Crippen LogP contribution in [0.1, 0.15) is 46.6 Å². The van der Waals surface area contributed by atoms with Crippen molar-refractivity contribution in [3.8, 4) is 11.5 Å². The Kier molecular flexibility index (Phi) is 5.24. The van der Waals surface area contributed by atoms with Gasteiger partial charge in [0.15, 0.2) is 17.4 Å². The van der Waals surface area contributed by atoms with Gasteiger partial charge in [0.25, 0.3) is 5.91 Å². The second-order valence-electron chi connectivity index (χ2n) is 7.58. The number of nitrogens with zero attached hydrogens (tertiary/aromatic N) is 3. The number of aromatic nitrogens is 2. The van der Waals surface area contributed by atoms with Gasteiger partial charge in [0.1, 0.15) is 0 Å². The van der Waals surface area contributed by atoms with E-state index in [4.69, 9.17) is 24.6 Å². The van der Waals surface area contributed by atoms with E-state index in [1.54, 1.807) is 28.1 Å². The number of oxazole rings is 1. The molecule has 1 fully saturated rings. The molecule has 1 aliphatic rings. The number of benzene rings is 1. The Morgan fingerprint density at radius 1 is 1.10 bits per heavy atom. The van der Waals surface area contributed by atoms with Crippen LogP contribution in [-0.4, -0.2) is 48.1 Å². The second kappa shape index (κ2) is 7.85. The van der Waals surface area contributed by atoms with Crippen LogP contribution in [0.5, 0.6) is 11.5 Å². The first-order chi connectivity index (χ1) is 14.4. The Morgan fingerprint density at radius 2 is 1.77 bits per heavy atom. The summed E-state index contributed by atoms with van der Waals surface area (Å²) in [6.07, 6.45) is 1.57. The SMILES string of the molecule is COc1cc2cc(N)c(C3CCN(C(=O)c4oc(C)nc4C)CC3)nc2cc1OC. The number of likely N-dealkylation sites (tertiary alicyclic amines) is 1. The van der Waals surface area contributed by atoms with Crippen molar-refractivity contribution in [2.24, 2.45) is 0 Å². The summed E-state index contributed by atoms with van der Waals surface area (Å²) >= 11 is 0. The zero-order valence-corrected chi connectivity index (χ0v) is 17.7. The van der Waals surface area contributed by atoms with Crippen LogP contribution >= 0.6 is 0 Å². The minimum Gasteiger partial charge on any atom is -0.493 e. The number of rotatable bonds is 4. The highest BCUT2D eigenvalue weighted by Crippen LogP contribution is 2.36. The highest BCUT2D eigenvalue weighted by molar-refractivity contribution is 5.92. The van der Waals surface area contributed by atoms with Crippen molar-refractivity contribution in [2.75, 3.05) is 33.0 Å². The molecule has 0 bridgehead atoms. The number of amides is 1. The van der Waals surface area contributed by atoms with Gasteiger partial charge in [-0.05, 0) is 31.9 Å². The quantitative estimate of drug-likeness (QED) is 0.702. The van der Waals surface area contributed by atoms with E-state index in [9.17, 15) is 4.79 Å². The van der Waals surface area contributed by atoms with Gasteiger partial charge in [-0.25, -0.2) is 4.98 Å². The summed E-state index contributed by atoms with van der Waals surface area (Å²) in [7, 11) is 3.21. The van der Waals surface area contributed by atoms with Gasteiger partial charge in [-0.15, -0.1) is 0 Å². The Morgan fingerprint density at radius 3 is 2.37 bits per heavy atom. The van der Waals surface area contributed by atoms with Gasteiger partial charge < -0.3 is 24.5 Å². The van der Waals surface area contributed by atoms with E-state index in [1.165, 1.54) is 0 Å². The molecule has 4 rings (SSSR count). The lowest BCUT2D eigenvalue weighted by Gasteiger charge is -2.31. The molecule has 1 saturated heterocycles. The number of hydrogen-bond acceptors (Lipinski definition) is 7. The molecule has 0 radical (unpaired) electrons. The molecule has 0 spiro atoms. The van der Waals surface area contributed by atoms with E-state index in [0.717, 1.165) is 29.4 Å². The van der Waals surface area contributed by atoms with Gasteiger partial charge in [0, 0.05) is 37.4 Å². The molecule has 1 aliphatic heterocycles. The van der Waals surface area contributed by atoms with Gasteiger partial charge in [-0.1, -0.05) is 0 Å². The number of aryl methyl sites for hydroxylation is 2. The molecule has 1 aromatic carbocycles. The zero-order chi connectivity index (χ0) is 21.4. The first-order valence-corrected chi connectivity index (χ1v) is 9.96. The van der Waals surface area contributed by atoms with Gasteiger partial charge in [-0.2, -0.15) is 0 Å². The molecule has 8 heteroatoms. The van der Waals surface area contributed by atoms with Gasteiger partial charge >= 0.3 is 0 Å². The molecule has 3 heterocycles. The smallest absolute Gasteiger partial charge is 0.291 e. The van der Waals surface area contributed by atoms with Crippen LogP contribution in [0.2, 0.25) is 0 Å². The fourth-order valence-corrected chi connectivity index (χ4v) is 4.09. The predicted molar refractivity (Wildman–Crippen MR) is 113 cm³/mol. The third-order valence-electron chi connectivity index (χ3n) is 5.65. The van der Waals surface area contributed by atoms with Crippen LogP contribution in [0.4, 0.5) is 5.69 Å². The average molecular weight is 410 g/mol. The summed E-state index contributed by atoms with van der Waals surface area (Å²) in [5.74, 6) is 2.18. The fraction of sp³-hybridized carbons (Fsp3) is 0.409. The number of fused-ring (bicyclic) bond motifs is 1. The number of carbonyl (C=O) groups is 1. The lowest BCUT2D eigenvalue weighted by atomic mass is 9.91. The van der Waals surface area contributed by atoms with Crippen molar-refractivity contribution in [2.45, 2.75) is 32.6 Å². The second-order valence-corrected chi connectivity index (χ2v) is 7.58. The molecule has 0 atom stereocenters. The van der Waals surface area contributed by atoms with Crippen LogP contribution in [0.25, 0.3) is 10.9 Å². The lowest BCUT2D eigenvalue weighted by Crippen LogP contribution is -2.38. The van der Waals surface area contributed by atoms with Crippen LogP contribution in [0, 0.1) is 13.8 Å². The minimum atomic E-state index is -0.108. The molecule has 30 heavy (non-hydrogen) atoms. The molecule has 8 nitrogen and oxygen atoms in total. The summed E-state index contributed by atoms with van der Waals surface area (Å²) < 4.78 is 16.3. The summed E-state index contributed by atoms with van der Waals surface area (Å²) in [5.41, 5.74) is 9.31. The lowest BCUT2D eigenvalue weighted by molar-refractivity contribution is 0.0677. The summed E-state index contributed by atoms with van der Waals surface area (Å²) in [6, 6.07) is 5.67.